The monoisotopic (exact) mass is 589 g/mol. The Hall–Kier alpha value is -4.02. The van der Waals surface area contributed by atoms with Gasteiger partial charge < -0.3 is 31.3 Å². The standard InChI is InChI=1S/C32H39N5O4S/c1-5-34-32(40)35-17-23-8-6-7-9-25(23)22-12-10-21(11-13-22)18-37-27-15-14-24(41-4)16-28(27)42-19-26(31(37)39)36-30(38)29(33)20(2)3/h6-16,20,26,29H,5,17-19,33H2,1-4H3,(H,36,38)(H2,34,35,40)/t26-,29?/m1/s1. The zero-order valence-corrected chi connectivity index (χ0v) is 25.3. The van der Waals surface area contributed by atoms with Crippen molar-refractivity contribution >= 4 is 35.3 Å². The molecule has 0 aliphatic carbocycles. The number of nitrogens with zero attached hydrogens (tertiary/aromatic N) is 1. The molecule has 5 N–H and O–H groups in total. The first-order valence-electron chi connectivity index (χ1n) is 14.1. The Kier molecular flexibility index (Phi) is 10.5. The van der Waals surface area contributed by atoms with Crippen LogP contribution in [0.2, 0.25) is 0 Å². The van der Waals surface area contributed by atoms with Gasteiger partial charge in [-0.15, -0.1) is 11.8 Å². The quantitative estimate of drug-likeness (QED) is 0.280. The van der Waals surface area contributed by atoms with Gasteiger partial charge in [-0.1, -0.05) is 62.4 Å². The molecule has 0 fully saturated rings. The van der Waals surface area contributed by atoms with Crippen LogP contribution in [-0.4, -0.2) is 49.3 Å². The lowest BCUT2D eigenvalue weighted by atomic mass is 9.98. The molecule has 1 unspecified atom stereocenters. The molecule has 10 heteroatoms. The molecule has 4 rings (SSSR count). The third kappa shape index (κ3) is 7.43. The Morgan fingerprint density at radius 2 is 1.81 bits per heavy atom. The normalized spacial score (nSPS) is 15.4. The molecule has 42 heavy (non-hydrogen) atoms. The van der Waals surface area contributed by atoms with Crippen molar-refractivity contribution in [3.8, 4) is 16.9 Å². The van der Waals surface area contributed by atoms with Gasteiger partial charge >= 0.3 is 6.03 Å². The largest absolute Gasteiger partial charge is 0.497 e. The molecule has 1 aliphatic rings. The fraction of sp³-hybridized carbons (Fsp3) is 0.344. The summed E-state index contributed by atoms with van der Waals surface area (Å²) in [4.78, 5) is 41.2. The molecule has 0 aromatic heterocycles. The van der Waals surface area contributed by atoms with Gasteiger partial charge in [0.15, 0.2) is 0 Å². The van der Waals surface area contributed by atoms with E-state index in [1.807, 2.05) is 87.5 Å². The second-order valence-electron chi connectivity index (χ2n) is 10.5. The van der Waals surface area contributed by atoms with Crippen LogP contribution in [0.25, 0.3) is 11.1 Å². The maximum absolute atomic E-state index is 13.9. The summed E-state index contributed by atoms with van der Waals surface area (Å²) in [5.41, 5.74) is 10.8. The third-order valence-electron chi connectivity index (χ3n) is 7.16. The molecule has 222 valence electrons. The smallest absolute Gasteiger partial charge is 0.315 e. The average molecular weight is 590 g/mol. The van der Waals surface area contributed by atoms with E-state index < -0.39 is 12.1 Å². The van der Waals surface area contributed by atoms with Gasteiger partial charge in [0.05, 0.1) is 25.4 Å². The number of hydrogen-bond acceptors (Lipinski definition) is 6. The lowest BCUT2D eigenvalue weighted by molar-refractivity contribution is -0.128. The Morgan fingerprint density at radius 1 is 1.07 bits per heavy atom. The summed E-state index contributed by atoms with van der Waals surface area (Å²) in [7, 11) is 1.61. The van der Waals surface area contributed by atoms with Crippen LogP contribution in [0, 0.1) is 5.92 Å². The van der Waals surface area contributed by atoms with Crippen molar-refractivity contribution < 1.29 is 19.1 Å². The number of rotatable bonds is 10. The second-order valence-corrected chi connectivity index (χ2v) is 11.5. The predicted octanol–water partition coefficient (Wildman–Crippen LogP) is 4.29. The Balaban J connectivity index is 1.58. The van der Waals surface area contributed by atoms with Crippen molar-refractivity contribution in [2.24, 2.45) is 11.7 Å². The Bertz CT molecular complexity index is 1410. The van der Waals surface area contributed by atoms with Gasteiger partial charge in [-0.25, -0.2) is 4.79 Å². The van der Waals surface area contributed by atoms with Gasteiger partial charge in [0.25, 0.3) is 5.91 Å². The Morgan fingerprint density at radius 3 is 2.50 bits per heavy atom. The summed E-state index contributed by atoms with van der Waals surface area (Å²) in [6.45, 7) is 6.92. The van der Waals surface area contributed by atoms with E-state index in [0.717, 1.165) is 32.8 Å². The molecule has 2 atom stereocenters. The second kappa shape index (κ2) is 14.2. The van der Waals surface area contributed by atoms with E-state index in [4.69, 9.17) is 10.5 Å². The van der Waals surface area contributed by atoms with Crippen molar-refractivity contribution in [1.82, 2.24) is 16.0 Å². The zero-order chi connectivity index (χ0) is 30.2. The van der Waals surface area contributed by atoms with Crippen LogP contribution >= 0.6 is 11.8 Å². The van der Waals surface area contributed by atoms with Crippen molar-refractivity contribution in [3.05, 3.63) is 77.9 Å². The van der Waals surface area contributed by atoms with E-state index in [9.17, 15) is 14.4 Å². The summed E-state index contributed by atoms with van der Waals surface area (Å²) in [6.07, 6.45) is 0. The summed E-state index contributed by atoms with van der Waals surface area (Å²) in [6, 6.07) is 20.0. The van der Waals surface area contributed by atoms with Crippen LogP contribution in [0.5, 0.6) is 5.75 Å². The molecular weight excluding hydrogens is 550 g/mol. The first-order valence-corrected chi connectivity index (χ1v) is 15.1. The van der Waals surface area contributed by atoms with E-state index in [2.05, 4.69) is 16.0 Å². The van der Waals surface area contributed by atoms with Gasteiger partial charge in [-0.05, 0) is 53.3 Å². The summed E-state index contributed by atoms with van der Waals surface area (Å²) < 4.78 is 5.43. The minimum Gasteiger partial charge on any atom is -0.497 e. The number of carbonyl (C=O) groups excluding carboxylic acids is 3. The van der Waals surface area contributed by atoms with Crippen LogP contribution in [0.3, 0.4) is 0 Å². The number of ether oxygens (including phenoxy) is 1. The third-order valence-corrected chi connectivity index (χ3v) is 8.30. The molecule has 0 saturated heterocycles. The first kappa shape index (κ1) is 30.9. The number of anilines is 1. The van der Waals surface area contributed by atoms with Gasteiger partial charge in [0.2, 0.25) is 5.91 Å². The number of methoxy groups -OCH3 is 1. The average Bonchev–Trinajstić information content (AvgIpc) is 3.12. The molecule has 0 radical (unpaired) electrons. The fourth-order valence-corrected chi connectivity index (χ4v) is 5.77. The maximum Gasteiger partial charge on any atom is 0.315 e. The SMILES string of the molecule is CCNC(=O)NCc1ccccc1-c1ccc(CN2C(=O)[C@H](NC(=O)C(N)C(C)C)CSc3cc(OC)ccc32)cc1. The van der Waals surface area contributed by atoms with Crippen molar-refractivity contribution in [2.75, 3.05) is 24.3 Å². The Labute approximate surface area is 251 Å². The number of carbonyl (C=O) groups is 3. The molecule has 1 heterocycles. The number of fused-ring (bicyclic) bond motifs is 1. The number of urea groups is 1. The number of nitrogens with two attached hydrogens (primary N) is 1. The number of benzene rings is 3. The molecule has 3 aromatic carbocycles. The molecular formula is C32H39N5O4S. The molecule has 9 nitrogen and oxygen atoms in total. The number of nitrogens with one attached hydrogen (secondary N) is 3. The van der Waals surface area contributed by atoms with Crippen LogP contribution in [0.1, 0.15) is 31.9 Å². The van der Waals surface area contributed by atoms with Gasteiger partial charge in [0, 0.05) is 23.7 Å². The van der Waals surface area contributed by atoms with E-state index >= 15 is 0 Å². The number of amides is 4. The lowest BCUT2D eigenvalue weighted by Crippen LogP contribution is -2.54. The molecule has 0 bridgehead atoms. The van der Waals surface area contributed by atoms with Crippen molar-refractivity contribution in [1.29, 1.82) is 0 Å². The van der Waals surface area contributed by atoms with E-state index in [-0.39, 0.29) is 23.8 Å². The highest BCUT2D eigenvalue weighted by molar-refractivity contribution is 7.99. The van der Waals surface area contributed by atoms with E-state index in [1.54, 1.807) is 12.0 Å². The van der Waals surface area contributed by atoms with Gasteiger partial charge in [-0.2, -0.15) is 0 Å². The maximum atomic E-state index is 13.9. The summed E-state index contributed by atoms with van der Waals surface area (Å²) >= 11 is 1.51. The van der Waals surface area contributed by atoms with Crippen LogP contribution < -0.4 is 31.3 Å². The zero-order valence-electron chi connectivity index (χ0n) is 24.5. The van der Waals surface area contributed by atoms with Crippen molar-refractivity contribution in [3.63, 3.8) is 0 Å². The summed E-state index contributed by atoms with van der Waals surface area (Å²) in [5, 5.41) is 8.53. The molecule has 0 spiro atoms. The van der Waals surface area contributed by atoms with Crippen LogP contribution in [0.15, 0.2) is 71.6 Å². The van der Waals surface area contributed by atoms with Crippen LogP contribution in [-0.2, 0) is 22.7 Å². The van der Waals surface area contributed by atoms with Gasteiger partial charge in [0.1, 0.15) is 11.8 Å². The highest BCUT2D eigenvalue weighted by Crippen LogP contribution is 2.38. The minimum absolute atomic E-state index is 0.0518. The number of hydrogen-bond donors (Lipinski definition) is 4. The molecule has 0 saturated carbocycles. The highest BCUT2D eigenvalue weighted by Gasteiger charge is 2.33. The predicted molar refractivity (Wildman–Crippen MR) is 167 cm³/mol. The van der Waals surface area contributed by atoms with Crippen LogP contribution in [0.4, 0.5) is 10.5 Å². The number of thioether (sulfide) groups is 1. The summed E-state index contributed by atoms with van der Waals surface area (Å²) in [5.74, 6) is 0.497. The fourth-order valence-electron chi connectivity index (χ4n) is 4.68. The minimum atomic E-state index is -0.728. The molecule has 1 aliphatic heterocycles. The van der Waals surface area contributed by atoms with E-state index in [1.165, 1.54) is 11.8 Å². The molecule has 3 aromatic rings. The van der Waals surface area contributed by atoms with E-state index in [0.29, 0.717) is 31.1 Å². The molecule has 4 amide bonds. The highest BCUT2D eigenvalue weighted by atomic mass is 32.2. The van der Waals surface area contributed by atoms with Gasteiger partial charge in [-0.3, -0.25) is 9.59 Å². The van der Waals surface area contributed by atoms with Crippen molar-refractivity contribution in [2.45, 2.75) is 50.8 Å². The first-order chi connectivity index (χ1) is 20.2. The lowest BCUT2D eigenvalue weighted by Gasteiger charge is -2.27. The topological polar surface area (TPSA) is 126 Å².